The molecule has 8 nitrogen and oxygen atoms in total. The van der Waals surface area contributed by atoms with Gasteiger partial charge in [-0.1, -0.05) is 6.07 Å². The third kappa shape index (κ3) is 3.05. The van der Waals surface area contributed by atoms with Crippen LogP contribution in [0.1, 0.15) is 5.56 Å². The lowest BCUT2D eigenvalue weighted by atomic mass is 10.2. The lowest BCUT2D eigenvalue weighted by Crippen LogP contribution is -2.50. The van der Waals surface area contributed by atoms with Crippen molar-refractivity contribution in [3.63, 3.8) is 0 Å². The Morgan fingerprint density at radius 3 is 2.86 bits per heavy atom. The Kier molecular flexibility index (Phi) is 4.57. The number of rotatable bonds is 4. The minimum Gasteiger partial charge on any atom is -0.395 e. The van der Waals surface area contributed by atoms with Crippen molar-refractivity contribution >= 4 is 15.7 Å². The van der Waals surface area contributed by atoms with Crippen molar-refractivity contribution in [1.29, 1.82) is 0 Å². The summed E-state index contributed by atoms with van der Waals surface area (Å²) in [5.74, 6) is 0. The zero-order chi connectivity index (χ0) is 15.6. The van der Waals surface area contributed by atoms with Crippen molar-refractivity contribution < 1.29 is 23.2 Å². The zero-order valence-corrected chi connectivity index (χ0v) is 12.2. The van der Waals surface area contributed by atoms with E-state index >= 15 is 0 Å². The number of hydrogen-bond acceptors (Lipinski definition) is 6. The number of morpholine rings is 1. The molecule has 1 fully saturated rings. The highest BCUT2D eigenvalue weighted by molar-refractivity contribution is 7.89. The summed E-state index contributed by atoms with van der Waals surface area (Å²) in [6.07, 6.45) is 0. The number of aliphatic hydroxyl groups excluding tert-OH is 1. The zero-order valence-electron chi connectivity index (χ0n) is 11.4. The van der Waals surface area contributed by atoms with Crippen LogP contribution in [0.2, 0.25) is 0 Å². The average Bonchev–Trinajstić information content (AvgIpc) is 2.47. The Labute approximate surface area is 122 Å². The fourth-order valence-corrected chi connectivity index (χ4v) is 3.79. The molecule has 21 heavy (non-hydrogen) atoms. The molecule has 1 unspecified atom stereocenters. The van der Waals surface area contributed by atoms with E-state index in [0.29, 0.717) is 5.56 Å². The van der Waals surface area contributed by atoms with E-state index in [1.54, 1.807) is 6.92 Å². The Morgan fingerprint density at radius 1 is 1.52 bits per heavy atom. The third-order valence-electron chi connectivity index (χ3n) is 3.37. The molecule has 0 saturated carbocycles. The standard InChI is InChI=1S/C12H16N2O6S/c1-9-2-3-11(6-12(9)14(16)17)21(18,19)13-4-5-20-8-10(13)7-15/h2-3,6,10,15H,4-5,7-8H2,1H3. The maximum Gasteiger partial charge on any atom is 0.273 e. The molecular weight excluding hydrogens is 300 g/mol. The van der Waals surface area contributed by atoms with Crippen LogP contribution in [0.25, 0.3) is 0 Å². The topological polar surface area (TPSA) is 110 Å². The van der Waals surface area contributed by atoms with Gasteiger partial charge in [0, 0.05) is 18.2 Å². The summed E-state index contributed by atoms with van der Waals surface area (Å²) in [5, 5.41) is 20.2. The number of nitro benzene ring substituents is 1. The molecule has 0 aromatic heterocycles. The van der Waals surface area contributed by atoms with Crippen LogP contribution in [0.3, 0.4) is 0 Å². The summed E-state index contributed by atoms with van der Waals surface area (Å²) in [7, 11) is -3.91. The van der Waals surface area contributed by atoms with E-state index in [2.05, 4.69) is 0 Å². The van der Waals surface area contributed by atoms with Crippen molar-refractivity contribution in [2.75, 3.05) is 26.4 Å². The maximum absolute atomic E-state index is 12.6. The van der Waals surface area contributed by atoms with Crippen molar-refractivity contribution in [3.05, 3.63) is 33.9 Å². The summed E-state index contributed by atoms with van der Waals surface area (Å²) in [4.78, 5) is 10.2. The van der Waals surface area contributed by atoms with Gasteiger partial charge in [0.15, 0.2) is 0 Å². The second-order valence-corrected chi connectivity index (χ2v) is 6.62. The molecular formula is C12H16N2O6S. The summed E-state index contributed by atoms with van der Waals surface area (Å²) >= 11 is 0. The first-order valence-electron chi connectivity index (χ1n) is 6.33. The van der Waals surface area contributed by atoms with Gasteiger partial charge >= 0.3 is 0 Å². The summed E-state index contributed by atoms with van der Waals surface area (Å²) < 4.78 is 31.4. The summed E-state index contributed by atoms with van der Waals surface area (Å²) in [5.41, 5.74) is 0.143. The van der Waals surface area contributed by atoms with Gasteiger partial charge < -0.3 is 9.84 Å². The molecule has 0 radical (unpaired) electrons. The van der Waals surface area contributed by atoms with Crippen LogP contribution in [-0.4, -0.2) is 55.2 Å². The molecule has 1 atom stereocenters. The smallest absolute Gasteiger partial charge is 0.273 e. The molecule has 1 aliphatic heterocycles. The summed E-state index contributed by atoms with van der Waals surface area (Å²) in [6, 6.07) is 3.11. The lowest BCUT2D eigenvalue weighted by Gasteiger charge is -2.33. The average molecular weight is 316 g/mol. The van der Waals surface area contributed by atoms with Crippen LogP contribution in [0, 0.1) is 17.0 Å². The van der Waals surface area contributed by atoms with Gasteiger partial charge in [-0.25, -0.2) is 8.42 Å². The predicted molar refractivity (Wildman–Crippen MR) is 73.4 cm³/mol. The first kappa shape index (κ1) is 15.8. The van der Waals surface area contributed by atoms with Gasteiger partial charge in [-0.15, -0.1) is 0 Å². The Morgan fingerprint density at radius 2 is 2.24 bits per heavy atom. The maximum atomic E-state index is 12.6. The van der Waals surface area contributed by atoms with E-state index in [-0.39, 0.29) is 36.9 Å². The molecule has 0 spiro atoms. The number of nitro groups is 1. The number of nitrogens with zero attached hydrogens (tertiary/aromatic N) is 2. The van der Waals surface area contributed by atoms with Gasteiger partial charge in [0.1, 0.15) is 0 Å². The molecule has 1 aromatic carbocycles. The van der Waals surface area contributed by atoms with Crippen LogP contribution in [0.15, 0.2) is 23.1 Å². The van der Waals surface area contributed by atoms with Crippen LogP contribution >= 0.6 is 0 Å². The molecule has 1 saturated heterocycles. The molecule has 2 rings (SSSR count). The number of hydrogen-bond donors (Lipinski definition) is 1. The van der Waals surface area contributed by atoms with Gasteiger partial charge in [-0.3, -0.25) is 10.1 Å². The fraction of sp³-hybridized carbons (Fsp3) is 0.500. The minimum atomic E-state index is -3.91. The van der Waals surface area contributed by atoms with Crippen molar-refractivity contribution in [3.8, 4) is 0 Å². The van der Waals surface area contributed by atoms with Crippen molar-refractivity contribution in [2.24, 2.45) is 0 Å². The Hall–Kier alpha value is -1.55. The van der Waals surface area contributed by atoms with E-state index in [4.69, 9.17) is 4.74 Å². The van der Waals surface area contributed by atoms with E-state index in [9.17, 15) is 23.6 Å². The normalized spacial score (nSPS) is 20.4. The molecule has 0 aliphatic carbocycles. The van der Waals surface area contributed by atoms with Gasteiger partial charge in [0.25, 0.3) is 5.69 Å². The highest BCUT2D eigenvalue weighted by atomic mass is 32.2. The van der Waals surface area contributed by atoms with Gasteiger partial charge in [0.2, 0.25) is 10.0 Å². The molecule has 1 heterocycles. The predicted octanol–water partition coefficient (Wildman–Crippen LogP) is 0.285. The van der Waals surface area contributed by atoms with Crippen LogP contribution in [0.4, 0.5) is 5.69 Å². The third-order valence-corrected chi connectivity index (χ3v) is 5.32. The molecule has 1 aliphatic rings. The first-order valence-corrected chi connectivity index (χ1v) is 7.77. The molecule has 0 amide bonds. The molecule has 9 heteroatoms. The second-order valence-electron chi connectivity index (χ2n) is 4.73. The SMILES string of the molecule is Cc1ccc(S(=O)(=O)N2CCOCC2CO)cc1[N+](=O)[O-]. The van der Waals surface area contributed by atoms with E-state index in [1.807, 2.05) is 0 Å². The largest absolute Gasteiger partial charge is 0.395 e. The fourth-order valence-electron chi connectivity index (χ4n) is 2.18. The number of aryl methyl sites for hydroxylation is 1. The van der Waals surface area contributed by atoms with Gasteiger partial charge in [-0.2, -0.15) is 4.31 Å². The van der Waals surface area contributed by atoms with Crippen molar-refractivity contribution in [2.45, 2.75) is 17.9 Å². The quantitative estimate of drug-likeness (QED) is 0.631. The molecule has 1 N–H and O–H groups in total. The molecule has 116 valence electrons. The lowest BCUT2D eigenvalue weighted by molar-refractivity contribution is -0.385. The van der Waals surface area contributed by atoms with E-state index in [1.165, 1.54) is 12.1 Å². The molecule has 0 bridgehead atoms. The van der Waals surface area contributed by atoms with Gasteiger partial charge in [0.05, 0.1) is 35.7 Å². The van der Waals surface area contributed by atoms with Crippen LogP contribution in [-0.2, 0) is 14.8 Å². The van der Waals surface area contributed by atoms with E-state index in [0.717, 1.165) is 10.4 Å². The highest BCUT2D eigenvalue weighted by Gasteiger charge is 2.34. The monoisotopic (exact) mass is 316 g/mol. The van der Waals surface area contributed by atoms with Crippen LogP contribution < -0.4 is 0 Å². The highest BCUT2D eigenvalue weighted by Crippen LogP contribution is 2.26. The minimum absolute atomic E-state index is 0.101. The first-order chi connectivity index (χ1) is 9.87. The van der Waals surface area contributed by atoms with Crippen molar-refractivity contribution in [1.82, 2.24) is 4.31 Å². The summed E-state index contributed by atoms with van der Waals surface area (Å²) in [6.45, 7) is 1.61. The van der Waals surface area contributed by atoms with Crippen LogP contribution in [0.5, 0.6) is 0 Å². The Bertz CT molecular complexity index is 645. The number of aliphatic hydroxyl groups is 1. The molecule has 1 aromatic rings. The number of ether oxygens (including phenoxy) is 1. The second kappa shape index (κ2) is 6.06. The number of benzene rings is 1. The van der Waals surface area contributed by atoms with E-state index < -0.39 is 21.0 Å². The van der Waals surface area contributed by atoms with Gasteiger partial charge in [-0.05, 0) is 13.0 Å². The Balaban J connectivity index is 2.43. The number of sulfonamides is 1.